The predicted octanol–water partition coefficient (Wildman–Crippen LogP) is 3.19. The average Bonchev–Trinajstić information content (AvgIpc) is 2.48. The van der Waals surface area contributed by atoms with Crippen molar-refractivity contribution in [1.82, 2.24) is 0 Å². The first-order valence-corrected chi connectivity index (χ1v) is 6.49. The third-order valence-corrected chi connectivity index (χ3v) is 2.93. The molecule has 1 rings (SSSR count). The summed E-state index contributed by atoms with van der Waals surface area (Å²) in [5.74, 6) is -0.417. The van der Waals surface area contributed by atoms with E-state index in [1.54, 1.807) is 14.0 Å². The maximum absolute atomic E-state index is 11.5. The highest BCUT2D eigenvalue weighted by molar-refractivity contribution is 5.76. The third-order valence-electron chi connectivity index (χ3n) is 2.93. The first kappa shape index (κ1) is 15.8. The van der Waals surface area contributed by atoms with E-state index in [2.05, 4.69) is 0 Å². The second-order valence-electron chi connectivity index (χ2n) is 4.29. The van der Waals surface area contributed by atoms with Crippen molar-refractivity contribution in [1.29, 1.82) is 5.26 Å². The van der Waals surface area contributed by atoms with Crippen molar-refractivity contribution >= 4 is 11.5 Å². The Bertz CT molecular complexity index is 512. The van der Waals surface area contributed by atoms with Crippen LogP contribution in [0, 0.1) is 17.2 Å². The summed E-state index contributed by atoms with van der Waals surface area (Å²) in [7, 11) is 1.62. The molecule has 0 bridgehead atoms. The summed E-state index contributed by atoms with van der Waals surface area (Å²) in [5, 5.41) is 8.98. The Hall–Kier alpha value is -2.28. The quantitative estimate of drug-likeness (QED) is 0.747. The van der Waals surface area contributed by atoms with Gasteiger partial charge in [-0.1, -0.05) is 18.2 Å². The molecular weight excluding hydrogens is 254 g/mol. The standard InChI is InChI=1S/C16H19NO3/c1-4-20-16(18)14(11-17)6-5-12(2)13-7-9-15(19-3)10-8-13/h5,7-10,14H,4,6H2,1-3H3. The number of carbonyl (C=O) groups is 1. The van der Waals surface area contributed by atoms with Crippen molar-refractivity contribution in [2.24, 2.45) is 5.92 Å². The number of nitrogens with zero attached hydrogens (tertiary/aromatic N) is 1. The summed E-state index contributed by atoms with van der Waals surface area (Å²) >= 11 is 0. The zero-order valence-electron chi connectivity index (χ0n) is 12.1. The van der Waals surface area contributed by atoms with Gasteiger partial charge in [-0.3, -0.25) is 4.79 Å². The molecule has 0 fully saturated rings. The van der Waals surface area contributed by atoms with E-state index >= 15 is 0 Å². The van der Waals surface area contributed by atoms with Crippen LogP contribution in [0.1, 0.15) is 25.8 Å². The van der Waals surface area contributed by atoms with Crippen LogP contribution >= 0.6 is 0 Å². The molecule has 0 aliphatic carbocycles. The molecule has 0 spiro atoms. The summed E-state index contributed by atoms with van der Waals surface area (Å²) in [6, 6.07) is 9.60. The Labute approximate surface area is 119 Å². The molecule has 0 heterocycles. The molecular formula is C16H19NO3. The Balaban J connectivity index is 2.72. The number of methoxy groups -OCH3 is 1. The van der Waals surface area contributed by atoms with Crippen LogP contribution in [0.4, 0.5) is 0 Å². The summed E-state index contributed by atoms with van der Waals surface area (Å²) in [5.41, 5.74) is 2.04. The molecule has 0 N–H and O–H groups in total. The van der Waals surface area contributed by atoms with Gasteiger partial charge in [-0.05, 0) is 43.5 Å². The molecule has 1 unspecified atom stereocenters. The highest BCUT2D eigenvalue weighted by atomic mass is 16.5. The number of ether oxygens (including phenoxy) is 2. The highest BCUT2D eigenvalue weighted by Gasteiger charge is 2.17. The monoisotopic (exact) mass is 273 g/mol. The molecule has 4 nitrogen and oxygen atoms in total. The van der Waals surface area contributed by atoms with E-state index in [1.807, 2.05) is 43.3 Å². The maximum atomic E-state index is 11.5. The van der Waals surface area contributed by atoms with Crippen LogP contribution in [0.3, 0.4) is 0 Å². The van der Waals surface area contributed by atoms with Gasteiger partial charge in [0.05, 0.1) is 19.8 Å². The smallest absolute Gasteiger partial charge is 0.323 e. The molecule has 1 atom stereocenters. The van der Waals surface area contributed by atoms with Crippen molar-refractivity contribution in [2.45, 2.75) is 20.3 Å². The van der Waals surface area contributed by atoms with Crippen LogP contribution < -0.4 is 4.74 Å². The number of esters is 1. The highest BCUT2D eigenvalue weighted by Crippen LogP contribution is 2.19. The van der Waals surface area contributed by atoms with Gasteiger partial charge in [0.1, 0.15) is 11.7 Å². The second kappa shape index (κ2) is 8.00. The fourth-order valence-corrected chi connectivity index (χ4v) is 1.71. The number of hydrogen-bond acceptors (Lipinski definition) is 4. The van der Waals surface area contributed by atoms with Gasteiger partial charge in [-0.25, -0.2) is 0 Å². The summed E-state index contributed by atoms with van der Waals surface area (Å²) in [6.45, 7) is 3.96. The Morgan fingerprint density at radius 1 is 1.40 bits per heavy atom. The van der Waals surface area contributed by atoms with Crippen LogP contribution in [0.2, 0.25) is 0 Å². The minimum atomic E-state index is -0.747. The zero-order chi connectivity index (χ0) is 15.0. The van der Waals surface area contributed by atoms with Gasteiger partial charge in [0.15, 0.2) is 0 Å². The molecule has 106 valence electrons. The largest absolute Gasteiger partial charge is 0.497 e. The normalized spacial score (nSPS) is 12.4. The van der Waals surface area contributed by atoms with Crippen molar-refractivity contribution in [3.8, 4) is 11.8 Å². The minimum Gasteiger partial charge on any atom is -0.497 e. The summed E-state index contributed by atoms with van der Waals surface area (Å²) < 4.78 is 9.96. The van der Waals surface area contributed by atoms with Crippen LogP contribution in [-0.2, 0) is 9.53 Å². The third kappa shape index (κ3) is 4.43. The average molecular weight is 273 g/mol. The molecule has 20 heavy (non-hydrogen) atoms. The molecule has 1 aromatic carbocycles. The predicted molar refractivity (Wildman–Crippen MR) is 77.0 cm³/mol. The number of nitriles is 1. The molecule has 4 heteroatoms. The van der Waals surface area contributed by atoms with Gasteiger partial charge in [-0.15, -0.1) is 0 Å². The lowest BCUT2D eigenvalue weighted by atomic mass is 10.0. The summed E-state index contributed by atoms with van der Waals surface area (Å²) in [6.07, 6.45) is 2.24. The molecule has 0 aliphatic rings. The lowest BCUT2D eigenvalue weighted by Crippen LogP contribution is -2.15. The van der Waals surface area contributed by atoms with E-state index in [1.165, 1.54) is 0 Å². The Morgan fingerprint density at radius 3 is 2.55 bits per heavy atom. The molecule has 0 saturated heterocycles. The number of hydrogen-bond donors (Lipinski definition) is 0. The molecule has 0 aliphatic heterocycles. The van der Waals surface area contributed by atoms with Crippen LogP contribution in [0.15, 0.2) is 30.3 Å². The minimum absolute atomic E-state index is 0.290. The van der Waals surface area contributed by atoms with E-state index < -0.39 is 11.9 Å². The number of benzene rings is 1. The lowest BCUT2D eigenvalue weighted by Gasteiger charge is -2.07. The number of allylic oxidation sites excluding steroid dienone is 2. The molecule has 0 radical (unpaired) electrons. The topological polar surface area (TPSA) is 59.3 Å². The van der Waals surface area contributed by atoms with Crippen molar-refractivity contribution in [3.05, 3.63) is 35.9 Å². The van der Waals surface area contributed by atoms with Crippen LogP contribution in [0.25, 0.3) is 5.57 Å². The second-order valence-corrected chi connectivity index (χ2v) is 4.29. The number of carbonyl (C=O) groups excluding carboxylic acids is 1. The number of rotatable bonds is 6. The first-order chi connectivity index (χ1) is 9.62. The van der Waals surface area contributed by atoms with E-state index in [-0.39, 0.29) is 6.61 Å². The van der Waals surface area contributed by atoms with Crippen molar-refractivity contribution in [2.75, 3.05) is 13.7 Å². The van der Waals surface area contributed by atoms with Gasteiger partial charge < -0.3 is 9.47 Å². The van der Waals surface area contributed by atoms with Gasteiger partial charge >= 0.3 is 5.97 Å². The SMILES string of the molecule is CCOC(=O)C(C#N)CC=C(C)c1ccc(OC)cc1. The van der Waals surface area contributed by atoms with E-state index in [9.17, 15) is 4.79 Å². The first-order valence-electron chi connectivity index (χ1n) is 6.49. The van der Waals surface area contributed by atoms with Crippen molar-refractivity contribution in [3.63, 3.8) is 0 Å². The van der Waals surface area contributed by atoms with Crippen LogP contribution in [0.5, 0.6) is 5.75 Å². The van der Waals surface area contributed by atoms with E-state index in [0.29, 0.717) is 6.42 Å². The zero-order valence-corrected chi connectivity index (χ0v) is 12.1. The van der Waals surface area contributed by atoms with Gasteiger partial charge in [-0.2, -0.15) is 5.26 Å². The molecule has 0 saturated carbocycles. The van der Waals surface area contributed by atoms with Crippen molar-refractivity contribution < 1.29 is 14.3 Å². The fraction of sp³-hybridized carbons (Fsp3) is 0.375. The van der Waals surface area contributed by atoms with Gasteiger partial charge in [0.25, 0.3) is 0 Å². The Kier molecular flexibility index (Phi) is 6.31. The van der Waals surface area contributed by atoms with Gasteiger partial charge in [0.2, 0.25) is 0 Å². The van der Waals surface area contributed by atoms with Gasteiger partial charge in [0, 0.05) is 0 Å². The summed E-state index contributed by atoms with van der Waals surface area (Å²) in [4.78, 5) is 11.5. The molecule has 1 aromatic rings. The van der Waals surface area contributed by atoms with Crippen LogP contribution in [-0.4, -0.2) is 19.7 Å². The lowest BCUT2D eigenvalue weighted by molar-refractivity contribution is -0.145. The van der Waals surface area contributed by atoms with E-state index in [0.717, 1.165) is 16.9 Å². The van der Waals surface area contributed by atoms with E-state index in [4.69, 9.17) is 14.7 Å². The fourth-order valence-electron chi connectivity index (χ4n) is 1.71. The Morgan fingerprint density at radius 2 is 2.05 bits per heavy atom. The maximum Gasteiger partial charge on any atom is 0.323 e. The molecule has 0 aromatic heterocycles. The molecule has 0 amide bonds.